The Labute approximate surface area is 160 Å². The average molecular weight is 356 g/mol. The number of rotatable bonds is 9. The van der Waals surface area contributed by atoms with Crippen LogP contribution in [0.5, 0.6) is 0 Å². The molecule has 0 aliphatic carbocycles. The molecule has 0 aliphatic heterocycles. The minimum atomic E-state index is -0.415. The third-order valence-corrected chi connectivity index (χ3v) is 4.63. The van der Waals surface area contributed by atoms with Crippen molar-refractivity contribution < 1.29 is 4.79 Å². The molecule has 0 fully saturated rings. The molecule has 3 heteroatoms. The predicted octanol–water partition coefficient (Wildman–Crippen LogP) is 5.06. The number of ketones is 1. The highest BCUT2D eigenvalue weighted by molar-refractivity contribution is 6.04. The van der Waals surface area contributed by atoms with E-state index in [1.807, 2.05) is 48.5 Å². The molecule has 2 N–H and O–H groups in total. The zero-order valence-corrected chi connectivity index (χ0v) is 15.3. The molecule has 3 nitrogen and oxygen atoms in total. The first-order chi connectivity index (χ1) is 13.2. The summed E-state index contributed by atoms with van der Waals surface area (Å²) in [6.45, 7) is 8.35. The molecule has 3 aromatic rings. The zero-order chi connectivity index (χ0) is 19.1. The molecule has 1 unspecified atom stereocenters. The third kappa shape index (κ3) is 4.33. The van der Waals surface area contributed by atoms with Gasteiger partial charge in [-0.1, -0.05) is 79.9 Å². The van der Waals surface area contributed by atoms with Crippen molar-refractivity contribution in [2.75, 3.05) is 6.54 Å². The second-order valence-electron chi connectivity index (χ2n) is 6.34. The summed E-state index contributed by atoms with van der Waals surface area (Å²) in [4.78, 5) is 16.4. The van der Waals surface area contributed by atoms with Crippen LogP contribution < -0.4 is 5.32 Å². The predicted molar refractivity (Wildman–Crippen MR) is 113 cm³/mol. The van der Waals surface area contributed by atoms with Crippen molar-refractivity contribution in [3.8, 4) is 0 Å². The van der Waals surface area contributed by atoms with Gasteiger partial charge in [-0.3, -0.25) is 4.79 Å². The van der Waals surface area contributed by atoms with Crippen LogP contribution in [0.25, 0.3) is 12.2 Å². The Morgan fingerprint density at radius 3 is 2.30 bits per heavy atom. The van der Waals surface area contributed by atoms with Crippen molar-refractivity contribution in [1.82, 2.24) is 10.3 Å². The van der Waals surface area contributed by atoms with E-state index in [1.165, 1.54) is 5.56 Å². The highest BCUT2D eigenvalue weighted by Crippen LogP contribution is 2.24. The molecule has 0 amide bonds. The van der Waals surface area contributed by atoms with Gasteiger partial charge in [0.2, 0.25) is 0 Å². The van der Waals surface area contributed by atoms with E-state index >= 15 is 0 Å². The topological polar surface area (TPSA) is 44.9 Å². The van der Waals surface area contributed by atoms with E-state index < -0.39 is 6.04 Å². The van der Waals surface area contributed by atoms with E-state index in [0.29, 0.717) is 12.1 Å². The van der Waals surface area contributed by atoms with E-state index in [-0.39, 0.29) is 5.78 Å². The van der Waals surface area contributed by atoms with Crippen LogP contribution in [0, 0.1) is 0 Å². The quantitative estimate of drug-likeness (QED) is 0.527. The molecule has 0 saturated carbocycles. The van der Waals surface area contributed by atoms with E-state index in [9.17, 15) is 4.79 Å². The Morgan fingerprint density at radius 1 is 1.00 bits per heavy atom. The van der Waals surface area contributed by atoms with Crippen LogP contribution in [0.3, 0.4) is 0 Å². The van der Waals surface area contributed by atoms with Crippen LogP contribution in [0.15, 0.2) is 80.0 Å². The van der Waals surface area contributed by atoms with Gasteiger partial charge in [0, 0.05) is 29.6 Å². The summed E-state index contributed by atoms with van der Waals surface area (Å²) in [6.07, 6.45) is 6.00. The summed E-state index contributed by atoms with van der Waals surface area (Å²) in [6, 6.07) is 19.7. The van der Waals surface area contributed by atoms with Crippen molar-refractivity contribution in [2.24, 2.45) is 0 Å². The lowest BCUT2D eigenvalue weighted by atomic mass is 9.95. The van der Waals surface area contributed by atoms with E-state index in [4.69, 9.17) is 0 Å². The van der Waals surface area contributed by atoms with Crippen LogP contribution in [-0.4, -0.2) is 17.3 Å². The fourth-order valence-corrected chi connectivity index (χ4v) is 3.21. The Balaban J connectivity index is 1.84. The summed E-state index contributed by atoms with van der Waals surface area (Å²) in [7, 11) is 0. The van der Waals surface area contributed by atoms with Gasteiger partial charge in [0.15, 0.2) is 5.78 Å². The van der Waals surface area contributed by atoms with Crippen molar-refractivity contribution in [2.45, 2.75) is 12.5 Å². The SMILES string of the molecule is C=Cc1[nH]cc(C(=O)C(NCCc2ccccc2)c2ccccc2)c1C=C. The molecule has 27 heavy (non-hydrogen) atoms. The maximum absolute atomic E-state index is 13.3. The van der Waals surface area contributed by atoms with Crippen LogP contribution in [0.1, 0.15) is 38.8 Å². The molecule has 3 rings (SSSR count). The van der Waals surface area contributed by atoms with Crippen LogP contribution >= 0.6 is 0 Å². The highest BCUT2D eigenvalue weighted by atomic mass is 16.1. The monoisotopic (exact) mass is 356 g/mol. The number of benzene rings is 2. The number of hydrogen-bond donors (Lipinski definition) is 2. The van der Waals surface area contributed by atoms with Gasteiger partial charge in [0.25, 0.3) is 0 Å². The number of Topliss-reactive ketones (excluding diaryl/α,β-unsaturated/α-hetero) is 1. The molecule has 1 atom stereocenters. The van der Waals surface area contributed by atoms with E-state index in [2.05, 4.69) is 35.6 Å². The Hall–Kier alpha value is -3.17. The maximum Gasteiger partial charge on any atom is 0.186 e. The fourth-order valence-electron chi connectivity index (χ4n) is 3.21. The second-order valence-corrected chi connectivity index (χ2v) is 6.34. The Bertz CT molecular complexity index is 910. The number of nitrogens with one attached hydrogen (secondary N) is 2. The van der Waals surface area contributed by atoms with Crippen molar-refractivity contribution in [3.05, 3.63) is 108 Å². The molecule has 2 aromatic carbocycles. The van der Waals surface area contributed by atoms with Crippen LogP contribution in [0.2, 0.25) is 0 Å². The second kappa shape index (κ2) is 8.97. The van der Waals surface area contributed by atoms with Crippen LogP contribution in [-0.2, 0) is 6.42 Å². The van der Waals surface area contributed by atoms with Gasteiger partial charge < -0.3 is 10.3 Å². The average Bonchev–Trinajstić information content (AvgIpc) is 3.15. The van der Waals surface area contributed by atoms with Crippen LogP contribution in [0.4, 0.5) is 0 Å². The first-order valence-electron chi connectivity index (χ1n) is 9.07. The molecule has 136 valence electrons. The number of aromatic nitrogens is 1. The lowest BCUT2D eigenvalue weighted by molar-refractivity contribution is 0.0943. The summed E-state index contributed by atoms with van der Waals surface area (Å²) in [5.41, 5.74) is 4.42. The van der Waals surface area contributed by atoms with Gasteiger partial charge in [0.1, 0.15) is 0 Å². The molecule has 0 bridgehead atoms. The summed E-state index contributed by atoms with van der Waals surface area (Å²) in [5.74, 6) is 0.0218. The molecule has 0 radical (unpaired) electrons. The minimum absolute atomic E-state index is 0.0218. The molecule has 1 heterocycles. The van der Waals surface area contributed by atoms with Gasteiger partial charge in [-0.15, -0.1) is 0 Å². The molecule has 0 aliphatic rings. The first kappa shape index (κ1) is 18.6. The highest BCUT2D eigenvalue weighted by Gasteiger charge is 2.24. The standard InChI is InChI=1S/C24H24N2O/c1-3-20-21(17-26-22(20)4-2)24(27)23(19-13-9-6-10-14-19)25-16-15-18-11-7-5-8-12-18/h3-14,17,23,25-26H,1-2,15-16H2. The van der Waals surface area contributed by atoms with Gasteiger partial charge in [-0.05, 0) is 23.6 Å². The maximum atomic E-state index is 13.3. The lowest BCUT2D eigenvalue weighted by Gasteiger charge is -2.18. The third-order valence-electron chi connectivity index (χ3n) is 4.63. The van der Waals surface area contributed by atoms with Crippen molar-refractivity contribution >= 4 is 17.9 Å². The number of carbonyl (C=O) groups excluding carboxylic acids is 1. The number of carbonyl (C=O) groups is 1. The lowest BCUT2D eigenvalue weighted by Crippen LogP contribution is -2.30. The summed E-state index contributed by atoms with van der Waals surface area (Å²) >= 11 is 0. The largest absolute Gasteiger partial charge is 0.360 e. The number of H-pyrrole nitrogens is 1. The van der Waals surface area contributed by atoms with Crippen molar-refractivity contribution in [3.63, 3.8) is 0 Å². The number of aromatic amines is 1. The van der Waals surface area contributed by atoms with Gasteiger partial charge in [-0.25, -0.2) is 0 Å². The molecule has 0 spiro atoms. The van der Waals surface area contributed by atoms with Gasteiger partial charge >= 0.3 is 0 Å². The van der Waals surface area contributed by atoms with Crippen molar-refractivity contribution in [1.29, 1.82) is 0 Å². The van der Waals surface area contributed by atoms with Gasteiger partial charge in [-0.2, -0.15) is 0 Å². The number of hydrogen-bond acceptors (Lipinski definition) is 2. The Kier molecular flexibility index (Phi) is 6.18. The smallest absolute Gasteiger partial charge is 0.186 e. The molecular weight excluding hydrogens is 332 g/mol. The van der Waals surface area contributed by atoms with E-state index in [1.54, 1.807) is 18.3 Å². The summed E-state index contributed by atoms with van der Waals surface area (Å²) < 4.78 is 0. The normalized spacial score (nSPS) is 11.7. The first-order valence-corrected chi connectivity index (χ1v) is 9.07. The Morgan fingerprint density at radius 2 is 1.67 bits per heavy atom. The molecule has 1 aromatic heterocycles. The minimum Gasteiger partial charge on any atom is -0.360 e. The zero-order valence-electron chi connectivity index (χ0n) is 15.3. The fraction of sp³-hybridized carbons (Fsp3) is 0.125. The van der Waals surface area contributed by atoms with Gasteiger partial charge in [0.05, 0.1) is 6.04 Å². The molecule has 0 saturated heterocycles. The molecular formula is C24H24N2O. The van der Waals surface area contributed by atoms with E-state index in [0.717, 1.165) is 23.2 Å². The summed E-state index contributed by atoms with van der Waals surface area (Å²) in [5, 5.41) is 3.44.